The van der Waals surface area contributed by atoms with Crippen molar-refractivity contribution in [3.63, 3.8) is 0 Å². The molecule has 0 bridgehead atoms. The van der Waals surface area contributed by atoms with E-state index in [2.05, 4.69) is 20.5 Å². The van der Waals surface area contributed by atoms with Gasteiger partial charge in [0.2, 0.25) is 0 Å². The number of nitrogens with zero attached hydrogens (tertiary/aromatic N) is 2. The zero-order valence-corrected chi connectivity index (χ0v) is 8.97. The van der Waals surface area contributed by atoms with Gasteiger partial charge in [0.15, 0.2) is 5.82 Å². The van der Waals surface area contributed by atoms with Crippen LogP contribution in [0.15, 0.2) is 17.0 Å². The molecule has 15 heavy (non-hydrogen) atoms. The van der Waals surface area contributed by atoms with Crippen LogP contribution in [0.5, 0.6) is 0 Å². The highest BCUT2D eigenvalue weighted by atomic mass is 32.1. The molecule has 0 spiro atoms. The Morgan fingerprint density at radius 1 is 1.67 bits per heavy atom. The number of thiazole rings is 1. The number of hydrogen-bond donors (Lipinski definition) is 2. The summed E-state index contributed by atoms with van der Waals surface area (Å²) in [6.07, 6.45) is 0.861. The Morgan fingerprint density at radius 2 is 2.53 bits per heavy atom. The fourth-order valence-corrected chi connectivity index (χ4v) is 1.64. The number of carbonyl (C=O) groups is 1. The van der Waals surface area contributed by atoms with Gasteiger partial charge in [-0.2, -0.15) is 5.10 Å². The van der Waals surface area contributed by atoms with Crippen LogP contribution in [0.3, 0.4) is 0 Å². The molecule has 0 saturated carbocycles. The molecule has 2 rings (SSSR count). The Bertz CT molecular complexity index is 448. The van der Waals surface area contributed by atoms with Crippen LogP contribution >= 0.6 is 11.3 Å². The van der Waals surface area contributed by atoms with Gasteiger partial charge in [0.25, 0.3) is 5.91 Å². The number of anilines is 1. The van der Waals surface area contributed by atoms with Crippen LogP contribution in [-0.2, 0) is 6.42 Å². The lowest BCUT2D eigenvalue weighted by atomic mass is 10.3. The zero-order chi connectivity index (χ0) is 10.7. The van der Waals surface area contributed by atoms with E-state index in [9.17, 15) is 4.79 Å². The summed E-state index contributed by atoms with van der Waals surface area (Å²) in [6.45, 7) is 2.01. The molecule has 0 unspecified atom stereocenters. The number of rotatable bonds is 3. The van der Waals surface area contributed by atoms with Crippen molar-refractivity contribution in [2.45, 2.75) is 13.3 Å². The Kier molecular flexibility index (Phi) is 2.77. The van der Waals surface area contributed by atoms with Crippen molar-refractivity contribution in [1.82, 2.24) is 15.2 Å². The summed E-state index contributed by atoms with van der Waals surface area (Å²) >= 11 is 1.39. The number of aryl methyl sites for hydroxylation is 1. The van der Waals surface area contributed by atoms with Crippen LogP contribution in [0.4, 0.5) is 5.82 Å². The Balaban J connectivity index is 2.06. The van der Waals surface area contributed by atoms with Gasteiger partial charge >= 0.3 is 0 Å². The standard InChI is InChI=1S/C9H10N4OS/c1-2-6-3-8(13-12-6)11-9(14)7-4-15-5-10-7/h3-5H,2H2,1H3,(H2,11,12,13,14). The first kappa shape index (κ1) is 9.85. The second-order valence-electron chi connectivity index (χ2n) is 2.96. The first-order valence-electron chi connectivity index (χ1n) is 4.53. The third kappa shape index (κ3) is 2.21. The number of H-pyrrole nitrogens is 1. The Hall–Kier alpha value is -1.69. The van der Waals surface area contributed by atoms with Crippen molar-refractivity contribution in [2.75, 3.05) is 5.32 Å². The van der Waals surface area contributed by atoms with Gasteiger partial charge < -0.3 is 5.32 Å². The lowest BCUT2D eigenvalue weighted by Crippen LogP contribution is -2.12. The smallest absolute Gasteiger partial charge is 0.276 e. The molecule has 2 heterocycles. The highest BCUT2D eigenvalue weighted by Crippen LogP contribution is 2.08. The molecule has 78 valence electrons. The maximum Gasteiger partial charge on any atom is 0.276 e. The van der Waals surface area contributed by atoms with Crippen molar-refractivity contribution in [3.8, 4) is 0 Å². The van der Waals surface area contributed by atoms with Crippen molar-refractivity contribution in [1.29, 1.82) is 0 Å². The lowest BCUT2D eigenvalue weighted by molar-refractivity contribution is 0.102. The zero-order valence-electron chi connectivity index (χ0n) is 8.15. The van der Waals surface area contributed by atoms with Crippen LogP contribution in [0.1, 0.15) is 23.1 Å². The van der Waals surface area contributed by atoms with E-state index in [4.69, 9.17) is 0 Å². The molecular weight excluding hydrogens is 212 g/mol. The van der Waals surface area contributed by atoms with Gasteiger partial charge in [-0.15, -0.1) is 11.3 Å². The van der Waals surface area contributed by atoms with Crippen LogP contribution in [0.2, 0.25) is 0 Å². The highest BCUT2D eigenvalue weighted by Gasteiger charge is 2.09. The number of nitrogens with one attached hydrogen (secondary N) is 2. The molecule has 0 aliphatic heterocycles. The minimum Gasteiger partial charge on any atom is -0.304 e. The second kappa shape index (κ2) is 4.22. The van der Waals surface area contributed by atoms with Crippen molar-refractivity contribution >= 4 is 23.1 Å². The molecule has 5 nitrogen and oxygen atoms in total. The van der Waals surface area contributed by atoms with Gasteiger partial charge in [-0.25, -0.2) is 4.98 Å². The number of aromatic amines is 1. The summed E-state index contributed by atoms with van der Waals surface area (Å²) in [7, 11) is 0. The predicted molar refractivity (Wildman–Crippen MR) is 58.0 cm³/mol. The van der Waals surface area contributed by atoms with Crippen LogP contribution < -0.4 is 5.32 Å². The third-order valence-corrected chi connectivity index (χ3v) is 2.50. The molecule has 1 amide bonds. The SMILES string of the molecule is CCc1cc(NC(=O)c2cscn2)n[nH]1. The summed E-state index contributed by atoms with van der Waals surface area (Å²) in [5, 5.41) is 11.1. The maximum atomic E-state index is 11.6. The fraction of sp³-hybridized carbons (Fsp3) is 0.222. The molecule has 0 aliphatic rings. The van der Waals surface area contributed by atoms with Gasteiger partial charge in [-0.05, 0) is 6.42 Å². The van der Waals surface area contributed by atoms with Gasteiger partial charge in [0.1, 0.15) is 5.69 Å². The molecule has 0 aliphatic carbocycles. The molecule has 0 radical (unpaired) electrons. The molecule has 0 fully saturated rings. The van der Waals surface area contributed by atoms with Gasteiger partial charge in [0, 0.05) is 17.1 Å². The molecule has 2 N–H and O–H groups in total. The first-order chi connectivity index (χ1) is 7.29. The topological polar surface area (TPSA) is 70.7 Å². The van der Waals surface area contributed by atoms with E-state index < -0.39 is 0 Å². The van der Waals surface area contributed by atoms with Gasteiger partial charge in [0.05, 0.1) is 5.51 Å². The molecule has 2 aromatic rings. The van der Waals surface area contributed by atoms with Crippen molar-refractivity contribution in [2.24, 2.45) is 0 Å². The average Bonchev–Trinajstić information content (AvgIpc) is 2.87. The number of aromatic nitrogens is 3. The Morgan fingerprint density at radius 3 is 3.13 bits per heavy atom. The van der Waals surface area contributed by atoms with E-state index in [1.165, 1.54) is 11.3 Å². The Labute approximate surface area is 90.6 Å². The average molecular weight is 222 g/mol. The van der Waals surface area contributed by atoms with Crippen LogP contribution in [0.25, 0.3) is 0 Å². The van der Waals surface area contributed by atoms with E-state index >= 15 is 0 Å². The fourth-order valence-electron chi connectivity index (χ4n) is 1.11. The van der Waals surface area contributed by atoms with E-state index in [-0.39, 0.29) is 5.91 Å². The van der Waals surface area contributed by atoms with Crippen molar-refractivity contribution < 1.29 is 4.79 Å². The van der Waals surface area contributed by atoms with E-state index in [1.54, 1.807) is 10.9 Å². The van der Waals surface area contributed by atoms with Gasteiger partial charge in [-0.1, -0.05) is 6.92 Å². The molecule has 2 aromatic heterocycles. The molecule has 6 heteroatoms. The lowest BCUT2D eigenvalue weighted by Gasteiger charge is -1.96. The largest absolute Gasteiger partial charge is 0.304 e. The number of amides is 1. The minimum atomic E-state index is -0.231. The monoisotopic (exact) mass is 222 g/mol. The molecule has 0 atom stereocenters. The molecule has 0 aromatic carbocycles. The summed E-state index contributed by atoms with van der Waals surface area (Å²) in [6, 6.07) is 1.81. The molecular formula is C9H10N4OS. The summed E-state index contributed by atoms with van der Waals surface area (Å²) in [5.41, 5.74) is 3.03. The maximum absolute atomic E-state index is 11.6. The van der Waals surface area contributed by atoms with Gasteiger partial charge in [-0.3, -0.25) is 9.89 Å². The quantitative estimate of drug-likeness (QED) is 0.830. The number of carbonyl (C=O) groups excluding carboxylic acids is 1. The molecule has 0 saturated heterocycles. The third-order valence-electron chi connectivity index (χ3n) is 1.92. The van der Waals surface area contributed by atoms with E-state index in [0.29, 0.717) is 11.5 Å². The summed E-state index contributed by atoms with van der Waals surface area (Å²) in [4.78, 5) is 15.5. The summed E-state index contributed by atoms with van der Waals surface area (Å²) < 4.78 is 0. The van der Waals surface area contributed by atoms with E-state index in [0.717, 1.165) is 12.1 Å². The summed E-state index contributed by atoms with van der Waals surface area (Å²) in [5.74, 6) is 0.301. The number of hydrogen-bond acceptors (Lipinski definition) is 4. The van der Waals surface area contributed by atoms with E-state index in [1.807, 2.05) is 13.0 Å². The normalized spacial score (nSPS) is 10.2. The van der Waals surface area contributed by atoms with Crippen LogP contribution in [-0.4, -0.2) is 21.1 Å². The predicted octanol–water partition coefficient (Wildman–Crippen LogP) is 1.68. The second-order valence-corrected chi connectivity index (χ2v) is 3.68. The van der Waals surface area contributed by atoms with Crippen LogP contribution in [0, 0.1) is 0 Å². The minimum absolute atomic E-state index is 0.231. The highest BCUT2D eigenvalue weighted by molar-refractivity contribution is 7.07. The first-order valence-corrected chi connectivity index (χ1v) is 5.47. The van der Waals surface area contributed by atoms with Crippen molar-refractivity contribution in [3.05, 3.63) is 28.3 Å².